The Bertz CT molecular complexity index is 307. The van der Waals surface area contributed by atoms with Crippen molar-refractivity contribution in [2.75, 3.05) is 6.54 Å². The quantitative estimate of drug-likeness (QED) is 0.800. The minimum absolute atomic E-state index is 0.316. The largest absolute Gasteiger partial charge is 0.326 e. The van der Waals surface area contributed by atoms with Gasteiger partial charge in [0.05, 0.1) is 11.6 Å². The van der Waals surface area contributed by atoms with Crippen molar-refractivity contribution in [1.29, 1.82) is 0 Å². The van der Waals surface area contributed by atoms with Crippen molar-refractivity contribution in [3.8, 4) is 0 Å². The fourth-order valence-electron chi connectivity index (χ4n) is 2.40. The normalized spacial score (nSPS) is 33.8. The summed E-state index contributed by atoms with van der Waals surface area (Å²) < 4.78 is 0. The van der Waals surface area contributed by atoms with E-state index in [1.165, 1.54) is 24.3 Å². The Labute approximate surface area is 87.9 Å². The first-order valence-corrected chi connectivity index (χ1v) is 6.14. The maximum Gasteiger partial charge on any atom is 0.0794 e. The highest BCUT2D eigenvalue weighted by Crippen LogP contribution is 2.41. The molecule has 1 saturated carbocycles. The first kappa shape index (κ1) is 8.83. The number of aromatic nitrogens is 1. The lowest BCUT2D eigenvalue weighted by Gasteiger charge is -2.25. The molecule has 0 spiro atoms. The molecule has 3 nitrogen and oxygen atoms in total. The Morgan fingerprint density at radius 2 is 2.29 bits per heavy atom. The zero-order valence-corrected chi connectivity index (χ0v) is 8.91. The van der Waals surface area contributed by atoms with E-state index >= 15 is 0 Å². The van der Waals surface area contributed by atoms with Crippen LogP contribution >= 0.6 is 11.3 Å². The summed E-state index contributed by atoms with van der Waals surface area (Å²) in [5, 5.41) is 0. The van der Waals surface area contributed by atoms with Gasteiger partial charge in [-0.3, -0.25) is 9.88 Å². The van der Waals surface area contributed by atoms with Crippen LogP contribution in [-0.2, 0) is 0 Å². The fourth-order valence-corrected chi connectivity index (χ4v) is 3.22. The maximum absolute atomic E-state index is 6.16. The highest BCUT2D eigenvalue weighted by molar-refractivity contribution is 7.09. The summed E-state index contributed by atoms with van der Waals surface area (Å²) in [6, 6.07) is 1.58. The maximum atomic E-state index is 6.16. The lowest BCUT2D eigenvalue weighted by atomic mass is 10.1. The number of hydrogen-bond acceptors (Lipinski definition) is 4. The van der Waals surface area contributed by atoms with Crippen molar-refractivity contribution in [2.24, 2.45) is 5.73 Å². The van der Waals surface area contributed by atoms with Gasteiger partial charge < -0.3 is 5.73 Å². The predicted octanol–water partition coefficient (Wildman–Crippen LogP) is 1.38. The molecular formula is C10H15N3S. The molecule has 0 radical (unpaired) electrons. The molecule has 2 atom stereocenters. The predicted molar refractivity (Wildman–Crippen MR) is 57.2 cm³/mol. The molecule has 2 fully saturated rings. The smallest absolute Gasteiger partial charge is 0.0794 e. The monoisotopic (exact) mass is 209 g/mol. The Morgan fingerprint density at radius 1 is 1.43 bits per heavy atom. The fraction of sp³-hybridized carbons (Fsp3) is 0.700. The molecule has 1 aliphatic heterocycles. The second-order valence-electron chi connectivity index (χ2n) is 4.27. The van der Waals surface area contributed by atoms with Crippen LogP contribution in [0, 0.1) is 0 Å². The summed E-state index contributed by atoms with van der Waals surface area (Å²) in [5.74, 6) is 0. The second-order valence-corrected chi connectivity index (χ2v) is 5.19. The minimum Gasteiger partial charge on any atom is -0.326 e. The molecule has 3 rings (SSSR count). The molecule has 0 aromatic carbocycles. The van der Waals surface area contributed by atoms with Crippen LogP contribution in [0.25, 0.3) is 0 Å². The number of rotatable bonds is 2. The first-order valence-electron chi connectivity index (χ1n) is 5.26. The van der Waals surface area contributed by atoms with E-state index in [1.54, 1.807) is 11.3 Å². The molecule has 2 unspecified atom stereocenters. The molecule has 1 saturated heterocycles. The molecule has 76 valence electrons. The average Bonchev–Trinajstić information content (AvgIpc) is 2.75. The van der Waals surface area contributed by atoms with Crippen molar-refractivity contribution >= 4 is 11.3 Å². The van der Waals surface area contributed by atoms with Gasteiger partial charge in [0.25, 0.3) is 0 Å². The van der Waals surface area contributed by atoms with Crippen molar-refractivity contribution in [1.82, 2.24) is 9.88 Å². The van der Waals surface area contributed by atoms with Gasteiger partial charge in [0.15, 0.2) is 0 Å². The van der Waals surface area contributed by atoms with E-state index < -0.39 is 0 Å². The molecule has 2 aliphatic rings. The van der Waals surface area contributed by atoms with Gasteiger partial charge in [0.1, 0.15) is 0 Å². The van der Waals surface area contributed by atoms with E-state index in [0.717, 1.165) is 12.5 Å². The van der Waals surface area contributed by atoms with Crippen LogP contribution in [0.5, 0.6) is 0 Å². The summed E-state index contributed by atoms with van der Waals surface area (Å²) in [4.78, 5) is 8.08. The molecule has 1 aromatic heterocycles. The van der Waals surface area contributed by atoms with Crippen molar-refractivity contribution in [2.45, 2.75) is 37.4 Å². The van der Waals surface area contributed by atoms with Crippen LogP contribution in [0.3, 0.4) is 0 Å². The van der Waals surface area contributed by atoms with E-state index in [9.17, 15) is 0 Å². The SMILES string of the molecule is NC1CCN(C2CC2)C1c1cncs1. The molecule has 2 heterocycles. The van der Waals surface area contributed by atoms with Gasteiger partial charge >= 0.3 is 0 Å². The molecule has 2 N–H and O–H groups in total. The van der Waals surface area contributed by atoms with Gasteiger partial charge in [-0.25, -0.2) is 0 Å². The van der Waals surface area contributed by atoms with E-state index in [1.807, 2.05) is 11.7 Å². The topological polar surface area (TPSA) is 42.1 Å². The summed E-state index contributed by atoms with van der Waals surface area (Å²) in [6.07, 6.45) is 5.85. The van der Waals surface area contributed by atoms with E-state index in [4.69, 9.17) is 5.73 Å². The molecule has 1 aliphatic carbocycles. The van der Waals surface area contributed by atoms with Gasteiger partial charge in [0.2, 0.25) is 0 Å². The minimum atomic E-state index is 0.316. The highest BCUT2D eigenvalue weighted by atomic mass is 32.1. The summed E-state index contributed by atoms with van der Waals surface area (Å²) in [5.41, 5.74) is 8.07. The number of likely N-dealkylation sites (tertiary alicyclic amines) is 1. The molecule has 0 amide bonds. The number of nitrogens with zero attached hydrogens (tertiary/aromatic N) is 2. The zero-order chi connectivity index (χ0) is 9.54. The molecule has 4 heteroatoms. The van der Waals surface area contributed by atoms with Crippen LogP contribution in [0.4, 0.5) is 0 Å². The second kappa shape index (κ2) is 3.29. The van der Waals surface area contributed by atoms with Crippen LogP contribution in [0.1, 0.15) is 30.2 Å². The number of hydrogen-bond donors (Lipinski definition) is 1. The summed E-state index contributed by atoms with van der Waals surface area (Å²) in [6.45, 7) is 1.17. The summed E-state index contributed by atoms with van der Waals surface area (Å²) >= 11 is 1.74. The van der Waals surface area contributed by atoms with Crippen molar-refractivity contribution in [3.63, 3.8) is 0 Å². The van der Waals surface area contributed by atoms with Crippen molar-refractivity contribution in [3.05, 3.63) is 16.6 Å². The standard InChI is InChI=1S/C10H15N3S/c11-8-3-4-13(7-1-2-7)10(8)9-5-12-6-14-9/h5-8,10H,1-4,11H2. The van der Waals surface area contributed by atoms with E-state index in [2.05, 4.69) is 9.88 Å². The Hall–Kier alpha value is -0.450. The first-order chi connectivity index (χ1) is 6.86. The lowest BCUT2D eigenvalue weighted by Crippen LogP contribution is -2.32. The Balaban J connectivity index is 1.86. The number of thiazole rings is 1. The Morgan fingerprint density at radius 3 is 2.93 bits per heavy atom. The summed E-state index contributed by atoms with van der Waals surface area (Å²) in [7, 11) is 0. The van der Waals surface area contributed by atoms with Crippen LogP contribution in [0.15, 0.2) is 11.7 Å². The third kappa shape index (κ3) is 1.38. The zero-order valence-electron chi connectivity index (χ0n) is 8.10. The van der Waals surface area contributed by atoms with E-state index in [0.29, 0.717) is 12.1 Å². The molecule has 1 aromatic rings. The van der Waals surface area contributed by atoms with Crippen LogP contribution < -0.4 is 5.73 Å². The molecular weight excluding hydrogens is 194 g/mol. The van der Waals surface area contributed by atoms with Gasteiger partial charge in [-0.2, -0.15) is 0 Å². The lowest BCUT2D eigenvalue weighted by molar-refractivity contribution is 0.240. The molecule has 0 bridgehead atoms. The van der Waals surface area contributed by atoms with Gasteiger partial charge in [-0.1, -0.05) is 0 Å². The van der Waals surface area contributed by atoms with Crippen LogP contribution in [-0.4, -0.2) is 28.5 Å². The van der Waals surface area contributed by atoms with Crippen LogP contribution in [0.2, 0.25) is 0 Å². The van der Waals surface area contributed by atoms with Crippen molar-refractivity contribution < 1.29 is 0 Å². The average molecular weight is 209 g/mol. The number of nitrogens with two attached hydrogens (primary N) is 1. The van der Waals surface area contributed by atoms with Gasteiger partial charge in [-0.15, -0.1) is 11.3 Å². The highest BCUT2D eigenvalue weighted by Gasteiger charge is 2.41. The van der Waals surface area contributed by atoms with Gasteiger partial charge in [-0.05, 0) is 19.3 Å². The third-order valence-corrected chi connectivity index (χ3v) is 4.09. The Kier molecular flexibility index (Phi) is 2.08. The van der Waals surface area contributed by atoms with Gasteiger partial charge in [0, 0.05) is 29.7 Å². The van der Waals surface area contributed by atoms with E-state index in [-0.39, 0.29) is 0 Å². The third-order valence-electron chi connectivity index (χ3n) is 3.24. The molecule has 14 heavy (non-hydrogen) atoms.